The van der Waals surface area contributed by atoms with E-state index in [4.69, 9.17) is 0 Å². The fourth-order valence-corrected chi connectivity index (χ4v) is 7.74. The standard InChI is InChI=1S/C48H38/c1-4-6-16-33(5-2)36-18-14-19-38(30-36)48-43-24-12-11-23-42(43)47(44-25-13-15-32(3)46(44)48)35-28-26-34(27-29-35)45-31-37-17-7-8-20-39(37)40-21-9-10-22-41(40)45/h4-14,16-32H,2,15H2,1,3H3/b6-4-,33-16+. The van der Waals surface area contributed by atoms with Crippen LogP contribution in [0.5, 0.6) is 0 Å². The number of fused-ring (bicyclic) bond motifs is 5. The third-order valence-electron chi connectivity index (χ3n) is 9.99. The molecule has 7 aromatic carbocycles. The van der Waals surface area contributed by atoms with Gasteiger partial charge in [0.2, 0.25) is 0 Å². The van der Waals surface area contributed by atoms with Gasteiger partial charge in [-0.2, -0.15) is 0 Å². The SMILES string of the molecule is C=C/C(=C\C=C/C)c1cccc(-c2c3c(c(-c4ccc(-c5cc6ccccc6c6ccccc56)cc4)c4ccccc24)C=CCC3C)c1. The molecule has 0 aliphatic heterocycles. The second-order valence-corrected chi connectivity index (χ2v) is 12.9. The first kappa shape index (κ1) is 29.7. The molecule has 1 atom stereocenters. The lowest BCUT2D eigenvalue weighted by atomic mass is 9.76. The monoisotopic (exact) mass is 614 g/mol. The Hall–Kier alpha value is -5.72. The molecule has 0 saturated carbocycles. The van der Waals surface area contributed by atoms with Crippen LogP contribution in [-0.4, -0.2) is 0 Å². The molecule has 1 aliphatic carbocycles. The van der Waals surface area contributed by atoms with E-state index >= 15 is 0 Å². The summed E-state index contributed by atoms with van der Waals surface area (Å²) in [6, 6.07) is 47.1. The highest BCUT2D eigenvalue weighted by Crippen LogP contribution is 2.48. The van der Waals surface area contributed by atoms with Crippen LogP contribution in [0.4, 0.5) is 0 Å². The van der Waals surface area contributed by atoms with Crippen molar-refractivity contribution in [3.63, 3.8) is 0 Å². The smallest absolute Gasteiger partial charge is 0.00296 e. The van der Waals surface area contributed by atoms with E-state index in [1.807, 2.05) is 13.0 Å². The number of benzene rings is 7. The van der Waals surface area contributed by atoms with Gasteiger partial charge in [-0.05, 0) is 119 Å². The molecule has 0 saturated heterocycles. The Morgan fingerprint density at radius 3 is 2.06 bits per heavy atom. The second kappa shape index (κ2) is 12.5. The number of rotatable bonds is 6. The minimum absolute atomic E-state index is 0.396. The van der Waals surface area contributed by atoms with E-state index < -0.39 is 0 Å². The van der Waals surface area contributed by atoms with E-state index in [0.717, 1.165) is 12.0 Å². The molecule has 0 nitrogen and oxygen atoms in total. The first-order chi connectivity index (χ1) is 23.7. The van der Waals surface area contributed by atoms with Crippen molar-refractivity contribution in [2.45, 2.75) is 26.2 Å². The lowest BCUT2D eigenvalue weighted by Crippen LogP contribution is -2.06. The van der Waals surface area contributed by atoms with Crippen molar-refractivity contribution in [1.29, 1.82) is 0 Å². The zero-order valence-electron chi connectivity index (χ0n) is 27.6. The molecule has 48 heavy (non-hydrogen) atoms. The lowest BCUT2D eigenvalue weighted by molar-refractivity contribution is 0.775. The molecule has 8 rings (SSSR count). The number of hydrogen-bond acceptors (Lipinski definition) is 0. The van der Waals surface area contributed by atoms with Crippen molar-refractivity contribution in [2.75, 3.05) is 0 Å². The van der Waals surface area contributed by atoms with E-state index in [9.17, 15) is 0 Å². The Morgan fingerprint density at radius 2 is 1.31 bits per heavy atom. The fraction of sp³-hybridized carbons (Fsp3) is 0.0833. The second-order valence-electron chi connectivity index (χ2n) is 12.9. The molecule has 0 radical (unpaired) electrons. The Labute approximate surface area is 283 Å². The fourth-order valence-electron chi connectivity index (χ4n) is 7.74. The summed E-state index contributed by atoms with van der Waals surface area (Å²) in [7, 11) is 0. The van der Waals surface area contributed by atoms with Crippen LogP contribution in [0.3, 0.4) is 0 Å². The maximum absolute atomic E-state index is 4.11. The Morgan fingerprint density at radius 1 is 0.646 bits per heavy atom. The van der Waals surface area contributed by atoms with Crippen molar-refractivity contribution in [3.05, 3.63) is 181 Å². The molecule has 0 heterocycles. The maximum atomic E-state index is 4.11. The molecule has 1 aliphatic rings. The zero-order valence-corrected chi connectivity index (χ0v) is 27.6. The largest absolute Gasteiger partial charge is 0.0984 e. The number of allylic oxidation sites excluding steroid dienone is 6. The van der Waals surface area contributed by atoms with Gasteiger partial charge >= 0.3 is 0 Å². The summed E-state index contributed by atoms with van der Waals surface area (Å²) in [6.07, 6.45) is 14.0. The molecular weight excluding hydrogens is 577 g/mol. The number of hydrogen-bond donors (Lipinski definition) is 0. The summed E-state index contributed by atoms with van der Waals surface area (Å²) in [5.74, 6) is 0.396. The summed E-state index contributed by atoms with van der Waals surface area (Å²) >= 11 is 0. The van der Waals surface area contributed by atoms with Crippen molar-refractivity contribution >= 4 is 44.0 Å². The quantitative estimate of drug-likeness (QED) is 0.129. The summed E-state index contributed by atoms with van der Waals surface area (Å²) < 4.78 is 0. The molecule has 0 aromatic heterocycles. The normalized spacial score (nSPS) is 14.6. The first-order valence-corrected chi connectivity index (χ1v) is 17.0. The molecule has 0 fully saturated rings. The van der Waals surface area contributed by atoms with Gasteiger partial charge in [0.1, 0.15) is 0 Å². The topological polar surface area (TPSA) is 0 Å². The van der Waals surface area contributed by atoms with Gasteiger partial charge in [0, 0.05) is 0 Å². The van der Waals surface area contributed by atoms with E-state index in [1.54, 1.807) is 0 Å². The van der Waals surface area contributed by atoms with Gasteiger partial charge in [0.05, 0.1) is 0 Å². The van der Waals surface area contributed by atoms with Crippen LogP contribution in [0.25, 0.3) is 77.3 Å². The lowest BCUT2D eigenvalue weighted by Gasteiger charge is -2.28. The average Bonchev–Trinajstić information content (AvgIpc) is 3.14. The van der Waals surface area contributed by atoms with Crippen molar-refractivity contribution in [3.8, 4) is 33.4 Å². The molecule has 0 amide bonds. The Balaban J connectivity index is 1.32. The predicted octanol–water partition coefficient (Wildman–Crippen LogP) is 13.8. The van der Waals surface area contributed by atoms with Gasteiger partial charge in [-0.3, -0.25) is 0 Å². The predicted molar refractivity (Wildman–Crippen MR) is 210 cm³/mol. The van der Waals surface area contributed by atoms with Gasteiger partial charge < -0.3 is 0 Å². The summed E-state index contributed by atoms with van der Waals surface area (Å²) in [6.45, 7) is 8.53. The Kier molecular flexibility index (Phi) is 7.71. The van der Waals surface area contributed by atoms with Gasteiger partial charge in [-0.1, -0.05) is 165 Å². The molecule has 7 aromatic rings. The highest BCUT2D eigenvalue weighted by Gasteiger charge is 2.25. The maximum Gasteiger partial charge on any atom is -0.00296 e. The van der Waals surface area contributed by atoms with Gasteiger partial charge in [0.15, 0.2) is 0 Å². The molecular formula is C48H38. The van der Waals surface area contributed by atoms with E-state index in [-0.39, 0.29) is 0 Å². The van der Waals surface area contributed by atoms with E-state index in [2.05, 4.69) is 171 Å². The average molecular weight is 615 g/mol. The third kappa shape index (κ3) is 5.02. The third-order valence-corrected chi connectivity index (χ3v) is 9.99. The van der Waals surface area contributed by atoms with Gasteiger partial charge in [0.25, 0.3) is 0 Å². The van der Waals surface area contributed by atoms with Crippen molar-refractivity contribution < 1.29 is 0 Å². The molecule has 230 valence electrons. The molecule has 1 unspecified atom stereocenters. The van der Waals surface area contributed by atoms with Crippen LogP contribution in [-0.2, 0) is 0 Å². The minimum Gasteiger partial charge on any atom is -0.0984 e. The molecule has 0 heteroatoms. The van der Waals surface area contributed by atoms with Crippen LogP contribution in [0, 0.1) is 0 Å². The van der Waals surface area contributed by atoms with Crippen LogP contribution < -0.4 is 0 Å². The van der Waals surface area contributed by atoms with Crippen LogP contribution in [0.1, 0.15) is 42.9 Å². The van der Waals surface area contributed by atoms with Crippen LogP contribution in [0.15, 0.2) is 164 Å². The van der Waals surface area contributed by atoms with Gasteiger partial charge in [-0.15, -0.1) is 0 Å². The summed E-state index contributed by atoms with van der Waals surface area (Å²) in [5, 5.41) is 7.74. The van der Waals surface area contributed by atoms with Crippen molar-refractivity contribution in [2.24, 2.45) is 0 Å². The summed E-state index contributed by atoms with van der Waals surface area (Å²) in [5.41, 5.74) is 12.7. The van der Waals surface area contributed by atoms with Gasteiger partial charge in [-0.25, -0.2) is 0 Å². The highest BCUT2D eigenvalue weighted by molar-refractivity contribution is 6.14. The zero-order chi connectivity index (χ0) is 32.6. The summed E-state index contributed by atoms with van der Waals surface area (Å²) in [4.78, 5) is 0. The first-order valence-electron chi connectivity index (χ1n) is 17.0. The van der Waals surface area contributed by atoms with Crippen molar-refractivity contribution in [1.82, 2.24) is 0 Å². The van der Waals surface area contributed by atoms with Crippen LogP contribution >= 0.6 is 0 Å². The minimum atomic E-state index is 0.396. The molecule has 0 bridgehead atoms. The van der Waals surface area contributed by atoms with Crippen LogP contribution in [0.2, 0.25) is 0 Å². The molecule has 0 spiro atoms. The van der Waals surface area contributed by atoms with E-state index in [1.165, 1.54) is 82.4 Å². The molecule has 0 N–H and O–H groups in total. The highest BCUT2D eigenvalue weighted by atomic mass is 14.3. The van der Waals surface area contributed by atoms with E-state index in [0.29, 0.717) is 5.92 Å². The Bertz CT molecular complexity index is 2450.